The van der Waals surface area contributed by atoms with E-state index in [0.717, 1.165) is 11.1 Å². The molecule has 0 bridgehead atoms. The first kappa shape index (κ1) is 19.1. The summed E-state index contributed by atoms with van der Waals surface area (Å²) in [6.07, 6.45) is 4.60. The molecule has 0 saturated carbocycles. The van der Waals surface area contributed by atoms with Crippen LogP contribution in [0.1, 0.15) is 30.5 Å². The second-order valence-corrected chi connectivity index (χ2v) is 7.78. The quantitative estimate of drug-likeness (QED) is 0.781. The van der Waals surface area contributed by atoms with Crippen molar-refractivity contribution in [3.8, 4) is 0 Å². The summed E-state index contributed by atoms with van der Waals surface area (Å²) in [5.41, 5.74) is 1.84. The number of carbonyl (C=O) groups is 1. The molecule has 1 N–H and O–H groups in total. The van der Waals surface area contributed by atoms with Gasteiger partial charge >= 0.3 is 0 Å². The first-order valence-corrected chi connectivity index (χ1v) is 9.90. The Morgan fingerprint density at radius 3 is 2.40 bits per heavy atom. The van der Waals surface area contributed by atoms with Gasteiger partial charge in [-0.3, -0.25) is 9.78 Å². The van der Waals surface area contributed by atoms with Crippen LogP contribution in [0.15, 0.2) is 54.9 Å². The van der Waals surface area contributed by atoms with Gasteiger partial charge in [0.1, 0.15) is 0 Å². The summed E-state index contributed by atoms with van der Waals surface area (Å²) in [6.45, 7) is 2.36. The molecule has 0 aliphatic rings. The molecule has 0 aliphatic carbocycles. The Morgan fingerprint density at radius 1 is 1.16 bits per heavy atom. The van der Waals surface area contributed by atoms with Gasteiger partial charge in [-0.25, -0.2) is 8.42 Å². The smallest absolute Gasteiger partial charge is 0.221 e. The second kappa shape index (κ2) is 8.73. The van der Waals surface area contributed by atoms with Gasteiger partial charge in [0.05, 0.1) is 6.26 Å². The molecule has 1 heterocycles. The van der Waals surface area contributed by atoms with Crippen molar-refractivity contribution in [2.24, 2.45) is 0 Å². The van der Waals surface area contributed by atoms with Crippen LogP contribution in [0.5, 0.6) is 0 Å². The van der Waals surface area contributed by atoms with Crippen molar-refractivity contribution in [3.05, 3.63) is 66.0 Å². The number of amides is 1. The molecule has 2 rings (SSSR count). The molecule has 0 fully saturated rings. The Morgan fingerprint density at radius 2 is 1.80 bits per heavy atom. The number of sulfonamides is 1. The highest BCUT2D eigenvalue weighted by Crippen LogP contribution is 2.22. The predicted octanol–water partition coefficient (Wildman–Crippen LogP) is 2.11. The van der Waals surface area contributed by atoms with E-state index < -0.39 is 10.0 Å². The Hall–Kier alpha value is -2.25. The highest BCUT2D eigenvalue weighted by Gasteiger charge is 2.24. The van der Waals surface area contributed by atoms with Crippen molar-refractivity contribution in [2.75, 3.05) is 12.8 Å². The van der Waals surface area contributed by atoms with E-state index in [4.69, 9.17) is 0 Å². The van der Waals surface area contributed by atoms with Crippen LogP contribution in [0.25, 0.3) is 0 Å². The fourth-order valence-electron chi connectivity index (χ4n) is 2.55. The SMILES string of the molecule is CC(c1ccccc1)N(CCC(=O)NCc1ccncc1)S(C)(=O)=O. The highest BCUT2D eigenvalue weighted by molar-refractivity contribution is 7.88. The molecular formula is C18H23N3O3S. The standard InChI is InChI=1S/C18H23N3O3S/c1-15(17-6-4-3-5-7-17)21(25(2,23)24)13-10-18(22)20-14-16-8-11-19-12-9-16/h3-9,11-12,15H,10,13-14H2,1-2H3,(H,20,22). The maximum Gasteiger partial charge on any atom is 0.221 e. The van der Waals surface area contributed by atoms with E-state index in [1.54, 1.807) is 12.4 Å². The lowest BCUT2D eigenvalue weighted by Gasteiger charge is -2.27. The minimum absolute atomic E-state index is 0.106. The molecule has 1 aromatic heterocycles. The van der Waals surface area contributed by atoms with Crippen LogP contribution in [0.2, 0.25) is 0 Å². The fourth-order valence-corrected chi connectivity index (χ4v) is 3.66. The van der Waals surface area contributed by atoms with E-state index in [1.165, 1.54) is 10.6 Å². The summed E-state index contributed by atoms with van der Waals surface area (Å²) in [7, 11) is -3.43. The number of nitrogens with one attached hydrogen (secondary N) is 1. The zero-order chi connectivity index (χ0) is 18.3. The number of hydrogen-bond donors (Lipinski definition) is 1. The lowest BCUT2D eigenvalue weighted by Crippen LogP contribution is -2.36. The van der Waals surface area contributed by atoms with Crippen molar-refractivity contribution >= 4 is 15.9 Å². The summed E-state index contributed by atoms with van der Waals surface area (Å²) in [6, 6.07) is 12.7. The topological polar surface area (TPSA) is 79.4 Å². The van der Waals surface area contributed by atoms with Crippen LogP contribution in [-0.4, -0.2) is 36.4 Å². The Bertz CT molecular complexity index is 780. The Labute approximate surface area is 148 Å². The molecule has 6 nitrogen and oxygen atoms in total. The molecule has 2 aromatic rings. The summed E-state index contributed by atoms with van der Waals surface area (Å²) in [5.74, 6) is -0.189. The third kappa shape index (κ3) is 5.95. The number of nitrogens with zero attached hydrogens (tertiary/aromatic N) is 2. The molecule has 1 unspecified atom stereocenters. The molecule has 1 amide bonds. The molecular weight excluding hydrogens is 338 g/mol. The van der Waals surface area contributed by atoms with Crippen molar-refractivity contribution in [3.63, 3.8) is 0 Å². The first-order chi connectivity index (χ1) is 11.9. The van der Waals surface area contributed by atoms with E-state index in [2.05, 4.69) is 10.3 Å². The minimum atomic E-state index is -3.43. The monoisotopic (exact) mass is 361 g/mol. The Balaban J connectivity index is 1.95. The number of pyridine rings is 1. The average Bonchev–Trinajstić information content (AvgIpc) is 2.60. The van der Waals surface area contributed by atoms with Gasteiger partial charge in [0, 0.05) is 37.9 Å². The summed E-state index contributed by atoms with van der Waals surface area (Å²) < 4.78 is 25.6. The van der Waals surface area contributed by atoms with E-state index in [0.29, 0.717) is 6.54 Å². The van der Waals surface area contributed by atoms with Crippen LogP contribution in [0.3, 0.4) is 0 Å². The average molecular weight is 361 g/mol. The van der Waals surface area contributed by atoms with Gasteiger partial charge < -0.3 is 5.32 Å². The lowest BCUT2D eigenvalue weighted by atomic mass is 10.1. The van der Waals surface area contributed by atoms with Gasteiger partial charge in [-0.05, 0) is 30.2 Å². The molecule has 1 aromatic carbocycles. The summed E-state index contributed by atoms with van der Waals surface area (Å²) in [4.78, 5) is 16.0. The molecule has 0 saturated heterocycles. The van der Waals surface area contributed by atoms with Crippen LogP contribution in [-0.2, 0) is 21.4 Å². The van der Waals surface area contributed by atoms with Gasteiger partial charge in [0.25, 0.3) is 0 Å². The normalized spacial score (nSPS) is 12.8. The van der Waals surface area contributed by atoms with E-state index in [-0.39, 0.29) is 24.9 Å². The maximum atomic E-state index is 12.1. The van der Waals surface area contributed by atoms with Crippen LogP contribution >= 0.6 is 0 Å². The molecule has 134 valence electrons. The van der Waals surface area contributed by atoms with Crippen LogP contribution < -0.4 is 5.32 Å². The molecule has 25 heavy (non-hydrogen) atoms. The van der Waals surface area contributed by atoms with Crippen LogP contribution in [0.4, 0.5) is 0 Å². The maximum absolute atomic E-state index is 12.1. The number of hydrogen-bond acceptors (Lipinski definition) is 4. The number of aromatic nitrogens is 1. The Kier molecular flexibility index (Phi) is 6.66. The van der Waals surface area contributed by atoms with E-state index >= 15 is 0 Å². The van der Waals surface area contributed by atoms with E-state index in [1.807, 2.05) is 49.4 Å². The van der Waals surface area contributed by atoms with Gasteiger partial charge in [-0.15, -0.1) is 0 Å². The number of benzene rings is 1. The van der Waals surface area contributed by atoms with Crippen molar-refractivity contribution < 1.29 is 13.2 Å². The van der Waals surface area contributed by atoms with Gasteiger partial charge in [-0.2, -0.15) is 4.31 Å². The molecule has 0 aliphatic heterocycles. The number of rotatable bonds is 8. The highest BCUT2D eigenvalue weighted by atomic mass is 32.2. The number of carbonyl (C=O) groups excluding carboxylic acids is 1. The van der Waals surface area contributed by atoms with Crippen molar-refractivity contribution in [1.29, 1.82) is 0 Å². The van der Waals surface area contributed by atoms with Crippen molar-refractivity contribution in [1.82, 2.24) is 14.6 Å². The molecule has 0 radical (unpaired) electrons. The zero-order valence-electron chi connectivity index (χ0n) is 14.4. The molecule has 0 spiro atoms. The second-order valence-electron chi connectivity index (χ2n) is 5.84. The van der Waals surface area contributed by atoms with Gasteiger partial charge in [0.15, 0.2) is 0 Å². The lowest BCUT2D eigenvalue weighted by molar-refractivity contribution is -0.121. The summed E-state index contributed by atoms with van der Waals surface area (Å²) >= 11 is 0. The molecule has 7 heteroatoms. The van der Waals surface area contributed by atoms with Crippen molar-refractivity contribution in [2.45, 2.75) is 25.9 Å². The largest absolute Gasteiger partial charge is 0.352 e. The first-order valence-electron chi connectivity index (χ1n) is 8.05. The third-order valence-corrected chi connectivity index (χ3v) is 5.29. The molecule has 1 atom stereocenters. The van der Waals surface area contributed by atoms with Gasteiger partial charge in [0.2, 0.25) is 15.9 Å². The fraction of sp³-hybridized carbons (Fsp3) is 0.333. The predicted molar refractivity (Wildman–Crippen MR) is 97.1 cm³/mol. The summed E-state index contributed by atoms with van der Waals surface area (Å²) in [5, 5.41) is 2.80. The van der Waals surface area contributed by atoms with Crippen LogP contribution in [0, 0.1) is 0 Å². The van der Waals surface area contributed by atoms with Gasteiger partial charge in [-0.1, -0.05) is 30.3 Å². The zero-order valence-corrected chi connectivity index (χ0v) is 15.2. The third-order valence-electron chi connectivity index (χ3n) is 3.94. The minimum Gasteiger partial charge on any atom is -0.352 e. The van der Waals surface area contributed by atoms with E-state index in [9.17, 15) is 13.2 Å².